The van der Waals surface area contributed by atoms with Gasteiger partial charge in [-0.2, -0.15) is 0 Å². The van der Waals surface area contributed by atoms with Crippen LogP contribution in [0, 0.1) is 5.92 Å². The third-order valence-corrected chi connectivity index (χ3v) is 4.27. The van der Waals surface area contributed by atoms with E-state index in [1.807, 2.05) is 6.07 Å². The van der Waals surface area contributed by atoms with Crippen molar-refractivity contribution in [3.05, 3.63) is 28.8 Å². The molecule has 1 aromatic rings. The smallest absolute Gasteiger partial charge is 0.225 e. The second-order valence-electron chi connectivity index (χ2n) is 5.08. The molecule has 3 rings (SSSR count). The van der Waals surface area contributed by atoms with Gasteiger partial charge in [-0.05, 0) is 31.0 Å². The zero-order valence-electron chi connectivity index (χ0n) is 10.4. The van der Waals surface area contributed by atoms with Crippen LogP contribution in [-0.2, 0) is 4.79 Å². The molecule has 0 aromatic heterocycles. The predicted molar refractivity (Wildman–Crippen MR) is 73.7 cm³/mol. The number of hydrogen-bond acceptors (Lipinski definition) is 3. The Morgan fingerprint density at radius 3 is 3.05 bits per heavy atom. The Hall–Kier alpha value is -1.55. The Kier molecular flexibility index (Phi) is 3.19. The molecule has 2 fully saturated rings. The maximum absolute atomic E-state index is 11.8. The summed E-state index contributed by atoms with van der Waals surface area (Å²) in [5, 5.41) is 3.52. The van der Waals surface area contributed by atoms with E-state index < -0.39 is 0 Å². The van der Waals surface area contributed by atoms with Gasteiger partial charge in [0.2, 0.25) is 5.91 Å². The fourth-order valence-corrected chi connectivity index (χ4v) is 3.28. The molecule has 0 saturated carbocycles. The highest BCUT2D eigenvalue weighted by molar-refractivity contribution is 6.31. The number of rotatable bonds is 2. The zero-order valence-corrected chi connectivity index (χ0v) is 11.2. The van der Waals surface area contributed by atoms with Gasteiger partial charge in [0.1, 0.15) is 0 Å². The Labute approximate surface area is 116 Å². The SMILES string of the molecule is O=Cc1ccc(Cl)cc1N1CCCC2C(=O)NCC21. The summed E-state index contributed by atoms with van der Waals surface area (Å²) in [6, 6.07) is 5.40. The molecular weight excluding hydrogens is 264 g/mol. The number of amides is 1. The number of hydrogen-bond donors (Lipinski definition) is 1. The van der Waals surface area contributed by atoms with E-state index in [1.54, 1.807) is 12.1 Å². The highest BCUT2D eigenvalue weighted by Gasteiger charge is 2.41. The van der Waals surface area contributed by atoms with E-state index in [9.17, 15) is 9.59 Å². The molecule has 19 heavy (non-hydrogen) atoms. The number of benzene rings is 1. The first kappa shape index (κ1) is 12.5. The van der Waals surface area contributed by atoms with Crippen LogP contribution in [0.1, 0.15) is 23.2 Å². The number of nitrogens with zero attached hydrogens (tertiary/aromatic N) is 1. The molecule has 0 bridgehead atoms. The summed E-state index contributed by atoms with van der Waals surface area (Å²) in [6.07, 6.45) is 2.73. The van der Waals surface area contributed by atoms with E-state index in [1.165, 1.54) is 0 Å². The van der Waals surface area contributed by atoms with Crippen molar-refractivity contribution < 1.29 is 9.59 Å². The van der Waals surface area contributed by atoms with Gasteiger partial charge in [-0.15, -0.1) is 0 Å². The summed E-state index contributed by atoms with van der Waals surface area (Å²) >= 11 is 6.04. The van der Waals surface area contributed by atoms with Crippen molar-refractivity contribution in [1.29, 1.82) is 0 Å². The normalized spacial score (nSPS) is 25.9. The molecule has 1 amide bonds. The first-order chi connectivity index (χ1) is 9.20. The topological polar surface area (TPSA) is 49.4 Å². The lowest BCUT2D eigenvalue weighted by Crippen LogP contribution is -2.46. The minimum absolute atomic E-state index is 0.0345. The monoisotopic (exact) mass is 278 g/mol. The zero-order chi connectivity index (χ0) is 13.4. The number of aldehydes is 1. The minimum atomic E-state index is 0.0345. The van der Waals surface area contributed by atoms with Crippen molar-refractivity contribution in [3.63, 3.8) is 0 Å². The van der Waals surface area contributed by atoms with Crippen LogP contribution < -0.4 is 10.2 Å². The van der Waals surface area contributed by atoms with Crippen molar-refractivity contribution in [3.8, 4) is 0 Å². The highest BCUT2D eigenvalue weighted by atomic mass is 35.5. The quantitative estimate of drug-likeness (QED) is 0.840. The maximum atomic E-state index is 11.8. The molecule has 2 aliphatic rings. The standard InChI is InChI=1S/C14H15ClN2O2/c15-10-4-3-9(8-18)12(6-10)17-5-1-2-11-13(17)7-16-14(11)19/h3-4,6,8,11,13H,1-2,5,7H2,(H,16,19). The number of piperidine rings is 1. The molecule has 2 saturated heterocycles. The average Bonchev–Trinajstić information content (AvgIpc) is 2.81. The van der Waals surface area contributed by atoms with E-state index in [0.29, 0.717) is 17.1 Å². The molecular formula is C14H15ClN2O2. The van der Waals surface area contributed by atoms with Crippen molar-refractivity contribution in [2.45, 2.75) is 18.9 Å². The van der Waals surface area contributed by atoms with Crippen LogP contribution in [0.2, 0.25) is 5.02 Å². The summed E-state index contributed by atoms with van der Waals surface area (Å²) in [4.78, 5) is 25.1. The number of fused-ring (bicyclic) bond motifs is 1. The molecule has 0 spiro atoms. The van der Waals surface area contributed by atoms with Crippen molar-refractivity contribution in [2.75, 3.05) is 18.0 Å². The number of carbonyl (C=O) groups excluding carboxylic acids is 2. The molecule has 2 aliphatic heterocycles. The molecule has 100 valence electrons. The predicted octanol–water partition coefficient (Wildman–Crippen LogP) is 1.87. The van der Waals surface area contributed by atoms with Crippen molar-refractivity contribution in [2.24, 2.45) is 5.92 Å². The summed E-state index contributed by atoms with van der Waals surface area (Å²) < 4.78 is 0. The summed E-state index contributed by atoms with van der Waals surface area (Å²) in [6.45, 7) is 1.51. The van der Waals surface area contributed by atoms with Crippen molar-refractivity contribution in [1.82, 2.24) is 5.32 Å². The first-order valence-corrected chi connectivity index (χ1v) is 6.87. The van der Waals surface area contributed by atoms with E-state index in [4.69, 9.17) is 11.6 Å². The van der Waals surface area contributed by atoms with Gasteiger partial charge >= 0.3 is 0 Å². The van der Waals surface area contributed by atoms with Crippen LogP contribution in [0.3, 0.4) is 0 Å². The summed E-state index contributed by atoms with van der Waals surface area (Å²) in [5.74, 6) is 0.164. The molecule has 2 atom stereocenters. The number of carbonyl (C=O) groups is 2. The number of halogens is 1. The Morgan fingerprint density at radius 1 is 1.42 bits per heavy atom. The lowest BCUT2D eigenvalue weighted by Gasteiger charge is -2.38. The van der Waals surface area contributed by atoms with Gasteiger partial charge in [0.05, 0.1) is 12.0 Å². The van der Waals surface area contributed by atoms with Gasteiger partial charge in [0.25, 0.3) is 0 Å². The minimum Gasteiger partial charge on any atom is -0.365 e. The second-order valence-corrected chi connectivity index (χ2v) is 5.51. The van der Waals surface area contributed by atoms with Crippen LogP contribution in [0.15, 0.2) is 18.2 Å². The second kappa shape index (κ2) is 4.85. The molecule has 2 heterocycles. The lowest BCUT2D eigenvalue weighted by atomic mass is 9.90. The van der Waals surface area contributed by atoms with Gasteiger partial charge in [0, 0.05) is 29.4 Å². The van der Waals surface area contributed by atoms with Crippen molar-refractivity contribution >= 4 is 29.5 Å². The third-order valence-electron chi connectivity index (χ3n) is 4.03. The summed E-state index contributed by atoms with van der Waals surface area (Å²) in [7, 11) is 0. The molecule has 2 unspecified atom stereocenters. The number of nitrogens with one attached hydrogen (secondary N) is 1. The van der Waals surface area contributed by atoms with Crippen LogP contribution in [0.25, 0.3) is 0 Å². The fraction of sp³-hybridized carbons (Fsp3) is 0.429. The lowest BCUT2D eigenvalue weighted by molar-refractivity contribution is -0.122. The summed E-state index contributed by atoms with van der Waals surface area (Å²) in [5.41, 5.74) is 1.47. The van der Waals surface area contributed by atoms with Crippen LogP contribution in [0.4, 0.5) is 5.69 Å². The van der Waals surface area contributed by atoms with Gasteiger partial charge in [-0.1, -0.05) is 11.6 Å². The van der Waals surface area contributed by atoms with Gasteiger partial charge in [0.15, 0.2) is 6.29 Å². The molecule has 1 aromatic carbocycles. The van der Waals surface area contributed by atoms with E-state index in [0.717, 1.165) is 31.4 Å². The highest BCUT2D eigenvalue weighted by Crippen LogP contribution is 2.34. The largest absolute Gasteiger partial charge is 0.365 e. The Balaban J connectivity index is 1.99. The van der Waals surface area contributed by atoms with Crippen LogP contribution in [-0.4, -0.2) is 31.3 Å². The molecule has 5 heteroatoms. The molecule has 0 aliphatic carbocycles. The van der Waals surface area contributed by atoms with Gasteiger partial charge in [-0.3, -0.25) is 9.59 Å². The molecule has 4 nitrogen and oxygen atoms in total. The fourth-order valence-electron chi connectivity index (χ4n) is 3.12. The molecule has 1 N–H and O–H groups in total. The average molecular weight is 279 g/mol. The Morgan fingerprint density at radius 2 is 2.26 bits per heavy atom. The van der Waals surface area contributed by atoms with E-state index in [-0.39, 0.29) is 17.9 Å². The van der Waals surface area contributed by atoms with E-state index in [2.05, 4.69) is 10.2 Å². The van der Waals surface area contributed by atoms with Gasteiger partial charge < -0.3 is 10.2 Å². The molecule has 0 radical (unpaired) electrons. The van der Waals surface area contributed by atoms with Crippen LogP contribution in [0.5, 0.6) is 0 Å². The van der Waals surface area contributed by atoms with E-state index >= 15 is 0 Å². The number of anilines is 1. The van der Waals surface area contributed by atoms with Gasteiger partial charge in [-0.25, -0.2) is 0 Å². The first-order valence-electron chi connectivity index (χ1n) is 6.50. The maximum Gasteiger partial charge on any atom is 0.225 e. The Bertz CT molecular complexity index is 532. The van der Waals surface area contributed by atoms with Crippen LogP contribution >= 0.6 is 11.6 Å². The third kappa shape index (κ3) is 2.10.